The second kappa shape index (κ2) is 6.07. The van der Waals surface area contributed by atoms with Crippen molar-refractivity contribution in [1.82, 2.24) is 10.3 Å². The molecule has 0 saturated heterocycles. The molecule has 0 aliphatic carbocycles. The zero-order valence-electron chi connectivity index (χ0n) is 10.7. The summed E-state index contributed by atoms with van der Waals surface area (Å²) in [5, 5.41) is 4.13. The maximum Gasteiger partial charge on any atom is 0.126 e. The summed E-state index contributed by atoms with van der Waals surface area (Å²) in [5.74, 6) is -0.152. The van der Waals surface area contributed by atoms with Crippen molar-refractivity contribution >= 4 is 11.3 Å². The predicted molar refractivity (Wildman–Crippen MR) is 73.5 cm³/mol. The number of halogens is 1. The van der Waals surface area contributed by atoms with E-state index in [1.54, 1.807) is 17.4 Å². The molecule has 96 valence electrons. The summed E-state index contributed by atoms with van der Waals surface area (Å²) in [4.78, 5) is 5.85. The lowest BCUT2D eigenvalue weighted by atomic mass is 10.1. The molecule has 1 N–H and O–H groups in total. The van der Waals surface area contributed by atoms with Gasteiger partial charge < -0.3 is 5.32 Å². The van der Waals surface area contributed by atoms with Crippen molar-refractivity contribution in [3.63, 3.8) is 0 Å². The van der Waals surface area contributed by atoms with E-state index in [1.807, 2.05) is 19.2 Å². The number of hydrogen-bond donors (Lipinski definition) is 1. The minimum Gasteiger partial charge on any atom is -0.315 e. The van der Waals surface area contributed by atoms with Crippen molar-refractivity contribution in [2.24, 2.45) is 0 Å². The Bertz CT molecular complexity index is 522. The van der Waals surface area contributed by atoms with E-state index >= 15 is 0 Å². The minimum absolute atomic E-state index is 0.152. The number of thiazole rings is 1. The molecule has 0 fully saturated rings. The number of aryl methyl sites for hydroxylation is 1. The van der Waals surface area contributed by atoms with Crippen molar-refractivity contribution in [2.75, 3.05) is 7.05 Å². The van der Waals surface area contributed by atoms with Gasteiger partial charge in [-0.1, -0.05) is 25.1 Å². The third-order valence-corrected chi connectivity index (χ3v) is 3.89. The van der Waals surface area contributed by atoms with Gasteiger partial charge in [0.25, 0.3) is 0 Å². The van der Waals surface area contributed by atoms with Gasteiger partial charge in [0.05, 0.1) is 10.7 Å². The van der Waals surface area contributed by atoms with Gasteiger partial charge in [0.2, 0.25) is 0 Å². The van der Waals surface area contributed by atoms with Gasteiger partial charge in [-0.25, -0.2) is 9.37 Å². The molecule has 2 aromatic rings. The smallest absolute Gasteiger partial charge is 0.126 e. The van der Waals surface area contributed by atoms with Crippen LogP contribution in [0.4, 0.5) is 4.39 Å². The van der Waals surface area contributed by atoms with Crippen LogP contribution >= 0.6 is 11.3 Å². The standard InChI is InChI=1S/C14H17FN2S/c1-3-12-13(9-16-2)18-14(17-12)8-10-6-4-5-7-11(10)15/h4-7,16H,3,8-9H2,1-2H3. The summed E-state index contributed by atoms with van der Waals surface area (Å²) >= 11 is 1.67. The lowest BCUT2D eigenvalue weighted by Gasteiger charge is -1.99. The van der Waals surface area contributed by atoms with E-state index in [0.717, 1.165) is 23.7 Å². The maximum atomic E-state index is 13.6. The van der Waals surface area contributed by atoms with Crippen LogP contribution in [0.2, 0.25) is 0 Å². The molecule has 0 aliphatic rings. The number of benzene rings is 1. The summed E-state index contributed by atoms with van der Waals surface area (Å²) in [5.41, 5.74) is 1.84. The number of rotatable bonds is 5. The van der Waals surface area contributed by atoms with Crippen LogP contribution in [0.1, 0.15) is 28.1 Å². The summed E-state index contributed by atoms with van der Waals surface area (Å²) in [7, 11) is 1.93. The molecule has 0 bridgehead atoms. The van der Waals surface area contributed by atoms with Gasteiger partial charge in [0.15, 0.2) is 0 Å². The molecule has 0 unspecified atom stereocenters. The van der Waals surface area contributed by atoms with Crippen LogP contribution in [-0.2, 0) is 19.4 Å². The molecule has 0 saturated carbocycles. The summed E-state index contributed by atoms with van der Waals surface area (Å²) < 4.78 is 13.6. The molecule has 0 radical (unpaired) electrons. The van der Waals surface area contributed by atoms with E-state index in [9.17, 15) is 4.39 Å². The monoisotopic (exact) mass is 264 g/mol. The normalized spacial score (nSPS) is 10.8. The van der Waals surface area contributed by atoms with Gasteiger partial charge in [-0.05, 0) is 25.1 Å². The SMILES string of the molecule is CCc1nc(Cc2ccccc2F)sc1CNC. The van der Waals surface area contributed by atoms with E-state index in [4.69, 9.17) is 0 Å². The van der Waals surface area contributed by atoms with E-state index in [-0.39, 0.29) is 5.82 Å². The highest BCUT2D eigenvalue weighted by Gasteiger charge is 2.11. The maximum absolute atomic E-state index is 13.6. The Balaban J connectivity index is 2.22. The van der Waals surface area contributed by atoms with Gasteiger partial charge in [-0.15, -0.1) is 11.3 Å². The van der Waals surface area contributed by atoms with Crippen molar-refractivity contribution < 1.29 is 4.39 Å². The number of nitrogens with zero attached hydrogens (tertiary/aromatic N) is 1. The highest BCUT2D eigenvalue weighted by Crippen LogP contribution is 2.22. The Hall–Kier alpha value is -1.26. The molecule has 1 aromatic carbocycles. The quantitative estimate of drug-likeness (QED) is 0.897. The first kappa shape index (κ1) is 13.2. The van der Waals surface area contributed by atoms with Gasteiger partial charge >= 0.3 is 0 Å². The first-order valence-electron chi connectivity index (χ1n) is 6.10. The summed E-state index contributed by atoms with van der Waals surface area (Å²) in [6.45, 7) is 2.93. The molecule has 2 rings (SSSR count). The van der Waals surface area contributed by atoms with Crippen LogP contribution in [0.15, 0.2) is 24.3 Å². The fraction of sp³-hybridized carbons (Fsp3) is 0.357. The molecular weight excluding hydrogens is 247 g/mol. The van der Waals surface area contributed by atoms with Crippen molar-refractivity contribution in [2.45, 2.75) is 26.3 Å². The number of hydrogen-bond acceptors (Lipinski definition) is 3. The Morgan fingerprint density at radius 2 is 2.11 bits per heavy atom. The van der Waals surface area contributed by atoms with Crippen LogP contribution < -0.4 is 5.32 Å². The fourth-order valence-electron chi connectivity index (χ4n) is 1.89. The van der Waals surface area contributed by atoms with Crippen LogP contribution in [-0.4, -0.2) is 12.0 Å². The molecule has 0 amide bonds. The van der Waals surface area contributed by atoms with Crippen molar-refractivity contribution in [3.05, 3.63) is 51.2 Å². The van der Waals surface area contributed by atoms with Crippen LogP contribution in [0, 0.1) is 5.82 Å². The fourth-order valence-corrected chi connectivity index (χ4v) is 3.08. The second-order valence-electron chi connectivity index (χ2n) is 4.13. The number of aromatic nitrogens is 1. The molecule has 1 heterocycles. The molecule has 0 atom stereocenters. The van der Waals surface area contributed by atoms with E-state index in [1.165, 1.54) is 10.9 Å². The van der Waals surface area contributed by atoms with Gasteiger partial charge in [0.1, 0.15) is 5.82 Å². The minimum atomic E-state index is -0.152. The first-order valence-corrected chi connectivity index (χ1v) is 6.91. The molecule has 4 heteroatoms. The molecular formula is C14H17FN2S. The summed E-state index contributed by atoms with van der Waals surface area (Å²) in [6.07, 6.45) is 1.50. The molecule has 0 spiro atoms. The third kappa shape index (κ3) is 2.94. The lowest BCUT2D eigenvalue weighted by Crippen LogP contribution is -2.05. The molecule has 1 aromatic heterocycles. The Labute approximate surface area is 111 Å². The Morgan fingerprint density at radius 1 is 1.33 bits per heavy atom. The zero-order valence-corrected chi connectivity index (χ0v) is 11.5. The van der Waals surface area contributed by atoms with Crippen LogP contribution in [0.5, 0.6) is 0 Å². The predicted octanol–water partition coefficient (Wildman–Crippen LogP) is 3.15. The topological polar surface area (TPSA) is 24.9 Å². The molecule has 0 aliphatic heterocycles. The number of nitrogens with one attached hydrogen (secondary N) is 1. The highest BCUT2D eigenvalue weighted by molar-refractivity contribution is 7.11. The lowest BCUT2D eigenvalue weighted by molar-refractivity contribution is 0.613. The average molecular weight is 264 g/mol. The largest absolute Gasteiger partial charge is 0.315 e. The molecule has 18 heavy (non-hydrogen) atoms. The third-order valence-electron chi connectivity index (χ3n) is 2.79. The zero-order chi connectivity index (χ0) is 13.0. The summed E-state index contributed by atoms with van der Waals surface area (Å²) in [6, 6.07) is 6.89. The Kier molecular flexibility index (Phi) is 4.44. The van der Waals surface area contributed by atoms with E-state index in [2.05, 4.69) is 17.2 Å². The van der Waals surface area contributed by atoms with E-state index < -0.39 is 0 Å². The van der Waals surface area contributed by atoms with Crippen molar-refractivity contribution in [3.8, 4) is 0 Å². The van der Waals surface area contributed by atoms with Crippen molar-refractivity contribution in [1.29, 1.82) is 0 Å². The van der Waals surface area contributed by atoms with E-state index in [0.29, 0.717) is 12.0 Å². The second-order valence-corrected chi connectivity index (χ2v) is 5.30. The van der Waals surface area contributed by atoms with Crippen LogP contribution in [0.25, 0.3) is 0 Å². The highest BCUT2D eigenvalue weighted by atomic mass is 32.1. The van der Waals surface area contributed by atoms with Gasteiger partial charge in [-0.2, -0.15) is 0 Å². The average Bonchev–Trinajstić information content (AvgIpc) is 2.75. The Morgan fingerprint density at radius 3 is 2.78 bits per heavy atom. The van der Waals surface area contributed by atoms with Gasteiger partial charge in [-0.3, -0.25) is 0 Å². The molecule has 2 nitrogen and oxygen atoms in total. The van der Waals surface area contributed by atoms with Gasteiger partial charge in [0, 0.05) is 17.8 Å². The van der Waals surface area contributed by atoms with Crippen LogP contribution in [0.3, 0.4) is 0 Å². The first-order chi connectivity index (χ1) is 8.74.